The van der Waals surface area contributed by atoms with Gasteiger partial charge >= 0.3 is 0 Å². The smallest absolute Gasteiger partial charge is 0.137 e. The number of hydrogen-bond acceptors (Lipinski definition) is 4. The van der Waals surface area contributed by atoms with Gasteiger partial charge in [0.25, 0.3) is 0 Å². The molecule has 1 aliphatic heterocycles. The zero-order valence-corrected chi connectivity index (χ0v) is 12.8. The third kappa shape index (κ3) is 2.70. The van der Waals surface area contributed by atoms with Crippen molar-refractivity contribution in [3.8, 4) is 0 Å². The van der Waals surface area contributed by atoms with Crippen molar-refractivity contribution in [2.45, 2.75) is 51.4 Å². The van der Waals surface area contributed by atoms with E-state index in [9.17, 15) is 4.39 Å². The van der Waals surface area contributed by atoms with E-state index in [4.69, 9.17) is 4.74 Å². The van der Waals surface area contributed by atoms with Crippen molar-refractivity contribution in [2.24, 2.45) is 0 Å². The molecule has 0 amide bonds. The van der Waals surface area contributed by atoms with E-state index >= 15 is 0 Å². The normalized spacial score (nSPS) is 23.4. The summed E-state index contributed by atoms with van der Waals surface area (Å²) in [5.41, 5.74) is 0.230. The number of halogens is 1. The number of benzene rings is 1. The van der Waals surface area contributed by atoms with Gasteiger partial charge < -0.3 is 10.1 Å². The summed E-state index contributed by atoms with van der Waals surface area (Å²) in [7, 11) is 0. The summed E-state index contributed by atoms with van der Waals surface area (Å²) in [6.07, 6.45) is 2.36. The molecule has 21 heavy (non-hydrogen) atoms. The van der Waals surface area contributed by atoms with E-state index in [2.05, 4.69) is 43.0 Å². The fourth-order valence-electron chi connectivity index (χ4n) is 3.10. The number of hydrogen-bond donors (Lipinski definition) is 1. The van der Waals surface area contributed by atoms with Crippen LogP contribution in [0.3, 0.4) is 0 Å². The number of anilines is 1. The van der Waals surface area contributed by atoms with Crippen LogP contribution in [-0.4, -0.2) is 27.2 Å². The Morgan fingerprint density at radius 3 is 2.67 bits per heavy atom. The Hall–Kier alpha value is -1.75. The van der Waals surface area contributed by atoms with Crippen LogP contribution in [0.25, 0.3) is 10.9 Å². The summed E-state index contributed by atoms with van der Waals surface area (Å²) < 4.78 is 19.6. The van der Waals surface area contributed by atoms with Crippen LogP contribution in [0, 0.1) is 5.82 Å². The molecule has 0 radical (unpaired) electrons. The predicted octanol–water partition coefficient (Wildman–Crippen LogP) is 3.53. The number of nitrogens with zero attached hydrogens (tertiary/aromatic N) is 2. The Morgan fingerprint density at radius 2 is 2.00 bits per heavy atom. The van der Waals surface area contributed by atoms with E-state index in [1.807, 2.05) is 0 Å². The molecule has 1 atom stereocenters. The Labute approximate surface area is 123 Å². The lowest BCUT2D eigenvalue weighted by Gasteiger charge is -2.28. The van der Waals surface area contributed by atoms with Crippen molar-refractivity contribution in [1.82, 2.24) is 9.97 Å². The SMILES string of the molecule is CC1(C)CC(Nc2ncnc3ccc(F)cc23)C(C)(C)O1. The number of nitrogens with one attached hydrogen (secondary N) is 1. The minimum atomic E-state index is -0.311. The average molecular weight is 289 g/mol. The van der Waals surface area contributed by atoms with Gasteiger partial charge in [-0.15, -0.1) is 0 Å². The van der Waals surface area contributed by atoms with Crippen molar-refractivity contribution in [2.75, 3.05) is 5.32 Å². The molecule has 5 heteroatoms. The summed E-state index contributed by atoms with van der Waals surface area (Å²) in [6.45, 7) is 8.27. The molecule has 112 valence electrons. The van der Waals surface area contributed by atoms with Crippen LogP contribution in [-0.2, 0) is 4.74 Å². The monoisotopic (exact) mass is 289 g/mol. The van der Waals surface area contributed by atoms with E-state index in [-0.39, 0.29) is 23.1 Å². The van der Waals surface area contributed by atoms with Crippen molar-refractivity contribution < 1.29 is 9.13 Å². The zero-order valence-electron chi connectivity index (χ0n) is 12.8. The molecule has 1 unspecified atom stereocenters. The van der Waals surface area contributed by atoms with Crippen LogP contribution in [0.2, 0.25) is 0 Å². The number of aromatic nitrogens is 2. The van der Waals surface area contributed by atoms with Gasteiger partial charge in [0.15, 0.2) is 0 Å². The Kier molecular flexibility index (Phi) is 3.13. The third-order valence-corrected chi connectivity index (χ3v) is 3.98. The van der Waals surface area contributed by atoms with Crippen molar-refractivity contribution in [1.29, 1.82) is 0 Å². The van der Waals surface area contributed by atoms with Gasteiger partial charge in [0, 0.05) is 5.39 Å². The maximum absolute atomic E-state index is 13.5. The Morgan fingerprint density at radius 1 is 1.24 bits per heavy atom. The lowest BCUT2D eigenvalue weighted by atomic mass is 9.94. The summed E-state index contributed by atoms with van der Waals surface area (Å²) in [4.78, 5) is 8.45. The molecule has 0 spiro atoms. The van der Waals surface area contributed by atoms with Crippen LogP contribution in [0.15, 0.2) is 24.5 Å². The van der Waals surface area contributed by atoms with Crippen molar-refractivity contribution in [3.05, 3.63) is 30.3 Å². The van der Waals surface area contributed by atoms with Gasteiger partial charge in [-0.05, 0) is 52.3 Å². The third-order valence-electron chi connectivity index (χ3n) is 3.98. The van der Waals surface area contributed by atoms with Crippen LogP contribution in [0.5, 0.6) is 0 Å². The van der Waals surface area contributed by atoms with E-state index in [0.29, 0.717) is 11.2 Å². The molecule has 0 aliphatic carbocycles. The molecule has 0 bridgehead atoms. The first-order chi connectivity index (χ1) is 9.77. The topological polar surface area (TPSA) is 47.0 Å². The largest absolute Gasteiger partial charge is 0.367 e. The molecule has 1 saturated heterocycles. The van der Waals surface area contributed by atoms with E-state index in [0.717, 1.165) is 11.9 Å². The molecule has 4 nitrogen and oxygen atoms in total. The molecule has 2 aromatic rings. The van der Waals surface area contributed by atoms with Gasteiger partial charge in [0.1, 0.15) is 18.0 Å². The van der Waals surface area contributed by atoms with Crippen LogP contribution in [0.4, 0.5) is 10.2 Å². The predicted molar refractivity (Wildman–Crippen MR) is 80.8 cm³/mol. The first-order valence-electron chi connectivity index (χ1n) is 7.14. The highest BCUT2D eigenvalue weighted by Crippen LogP contribution is 2.39. The Bertz CT molecular complexity index is 684. The number of rotatable bonds is 2. The second-order valence-electron chi connectivity index (χ2n) is 6.75. The molecule has 0 saturated carbocycles. The highest BCUT2D eigenvalue weighted by atomic mass is 19.1. The summed E-state index contributed by atoms with van der Waals surface area (Å²) >= 11 is 0. The summed E-state index contributed by atoms with van der Waals surface area (Å²) in [6, 6.07) is 4.64. The summed E-state index contributed by atoms with van der Waals surface area (Å²) in [5, 5.41) is 4.11. The minimum absolute atomic E-state index is 0.105. The molecule has 1 fully saturated rings. The molecular formula is C16H20FN3O. The molecule has 1 aromatic heterocycles. The first-order valence-corrected chi connectivity index (χ1v) is 7.14. The van der Waals surface area contributed by atoms with Gasteiger partial charge in [-0.2, -0.15) is 0 Å². The maximum atomic E-state index is 13.5. The maximum Gasteiger partial charge on any atom is 0.137 e. The zero-order chi connectivity index (χ0) is 15.3. The number of fused-ring (bicyclic) bond motifs is 1. The number of ether oxygens (including phenoxy) is 1. The van der Waals surface area contributed by atoms with Crippen LogP contribution in [0.1, 0.15) is 34.1 Å². The van der Waals surface area contributed by atoms with Gasteiger partial charge in [-0.1, -0.05) is 0 Å². The van der Waals surface area contributed by atoms with Crippen LogP contribution >= 0.6 is 0 Å². The van der Waals surface area contributed by atoms with Gasteiger partial charge in [0.2, 0.25) is 0 Å². The minimum Gasteiger partial charge on any atom is -0.367 e. The average Bonchev–Trinajstić information content (AvgIpc) is 2.58. The highest BCUT2D eigenvalue weighted by Gasteiger charge is 2.46. The second-order valence-corrected chi connectivity index (χ2v) is 6.75. The standard InChI is InChI=1S/C16H20FN3O/c1-15(2)8-13(16(3,4)21-15)20-14-11-7-10(17)5-6-12(11)18-9-19-14/h5-7,9,13H,8H2,1-4H3,(H,18,19,20). The van der Waals surface area contributed by atoms with Crippen molar-refractivity contribution in [3.63, 3.8) is 0 Å². The fraction of sp³-hybridized carbons (Fsp3) is 0.500. The van der Waals surface area contributed by atoms with Crippen LogP contribution < -0.4 is 5.32 Å². The first kappa shape index (κ1) is 14.2. The molecule has 2 heterocycles. The van der Waals surface area contributed by atoms with E-state index < -0.39 is 0 Å². The second kappa shape index (κ2) is 4.63. The molecule has 1 aliphatic rings. The summed E-state index contributed by atoms with van der Waals surface area (Å²) in [5.74, 6) is 0.362. The molecule has 3 rings (SSSR count). The lowest BCUT2D eigenvalue weighted by molar-refractivity contribution is -0.0662. The van der Waals surface area contributed by atoms with Gasteiger partial charge in [0.05, 0.1) is 22.8 Å². The highest BCUT2D eigenvalue weighted by molar-refractivity contribution is 5.88. The van der Waals surface area contributed by atoms with E-state index in [1.54, 1.807) is 6.07 Å². The molecular weight excluding hydrogens is 269 g/mol. The molecule has 1 N–H and O–H groups in total. The van der Waals surface area contributed by atoms with E-state index in [1.165, 1.54) is 18.5 Å². The van der Waals surface area contributed by atoms with Gasteiger partial charge in [-0.25, -0.2) is 14.4 Å². The lowest BCUT2D eigenvalue weighted by Crippen LogP contribution is -2.38. The van der Waals surface area contributed by atoms with Crippen molar-refractivity contribution >= 4 is 16.7 Å². The fourth-order valence-corrected chi connectivity index (χ4v) is 3.10. The van der Waals surface area contributed by atoms with Gasteiger partial charge in [-0.3, -0.25) is 0 Å². The molecule has 1 aromatic carbocycles. The quantitative estimate of drug-likeness (QED) is 0.918. The Balaban J connectivity index is 1.97.